The number of benzene rings is 2. The van der Waals surface area contributed by atoms with Crippen molar-refractivity contribution in [1.82, 2.24) is 9.55 Å². The summed E-state index contributed by atoms with van der Waals surface area (Å²) >= 11 is 0. The van der Waals surface area contributed by atoms with Crippen molar-refractivity contribution in [1.29, 1.82) is 0 Å². The Morgan fingerprint density at radius 1 is 1.18 bits per heavy atom. The molecule has 1 atom stereocenters. The molecule has 0 radical (unpaired) electrons. The summed E-state index contributed by atoms with van der Waals surface area (Å²) in [5, 5.41) is 18.4. The molecule has 2 aromatic carbocycles. The van der Waals surface area contributed by atoms with Crippen molar-refractivity contribution in [2.24, 2.45) is 0 Å². The molecule has 3 aromatic rings. The maximum atomic E-state index is 14.5. The molecule has 0 bridgehead atoms. The number of aromatic nitrogens is 2. The van der Waals surface area contributed by atoms with E-state index in [1.165, 1.54) is 30.0 Å². The van der Waals surface area contributed by atoms with E-state index < -0.39 is 38.4 Å². The molecule has 0 saturated carbocycles. The molecule has 10 heteroatoms. The van der Waals surface area contributed by atoms with Crippen LogP contribution in [-0.4, -0.2) is 58.2 Å². The van der Waals surface area contributed by atoms with Gasteiger partial charge in [0.15, 0.2) is 15.6 Å². The lowest BCUT2D eigenvalue weighted by Gasteiger charge is -2.25. The Morgan fingerprint density at radius 2 is 1.91 bits per heavy atom. The van der Waals surface area contributed by atoms with E-state index >= 15 is 0 Å². The molecule has 0 saturated heterocycles. The van der Waals surface area contributed by atoms with Crippen LogP contribution in [0.15, 0.2) is 47.5 Å². The summed E-state index contributed by atoms with van der Waals surface area (Å²) in [7, 11) is -3.84. The molecule has 0 fully saturated rings. The van der Waals surface area contributed by atoms with Gasteiger partial charge in [-0.1, -0.05) is 18.2 Å². The van der Waals surface area contributed by atoms with E-state index in [9.17, 15) is 27.5 Å². The predicted molar refractivity (Wildman–Crippen MR) is 122 cm³/mol. The Labute approximate surface area is 190 Å². The van der Waals surface area contributed by atoms with E-state index in [1.54, 1.807) is 24.3 Å². The summed E-state index contributed by atoms with van der Waals surface area (Å²) in [5.41, 5.74) is 1.43. The summed E-state index contributed by atoms with van der Waals surface area (Å²) in [4.78, 5) is 29.2. The molecule has 176 valence electrons. The van der Waals surface area contributed by atoms with E-state index in [0.29, 0.717) is 28.6 Å². The minimum Gasteiger partial charge on any atom is -0.396 e. The average molecular weight is 477 g/mol. The summed E-state index contributed by atoms with van der Waals surface area (Å²) < 4.78 is 38.2. The molecule has 0 aliphatic heterocycles. The van der Waals surface area contributed by atoms with E-state index in [4.69, 9.17) is 5.11 Å². The first-order valence-electron chi connectivity index (χ1n) is 10.2. The van der Waals surface area contributed by atoms with Crippen molar-refractivity contribution in [2.75, 3.05) is 19.5 Å². The number of nitrogens with zero attached hydrogens (tertiary/aromatic N) is 2. The van der Waals surface area contributed by atoms with Crippen LogP contribution in [0.3, 0.4) is 0 Å². The molecule has 0 amide bonds. The lowest BCUT2D eigenvalue weighted by Crippen LogP contribution is -2.46. The predicted octanol–water partition coefficient (Wildman–Crippen LogP) is 1.49. The monoisotopic (exact) mass is 476 g/mol. The number of fused-ring (bicyclic) bond motifs is 1. The van der Waals surface area contributed by atoms with Crippen LogP contribution >= 0.6 is 0 Å². The summed E-state index contributed by atoms with van der Waals surface area (Å²) in [6.45, 7) is 0.129. The maximum absolute atomic E-state index is 14.5. The zero-order valence-corrected chi connectivity index (χ0v) is 19.1. The van der Waals surface area contributed by atoms with Crippen LogP contribution in [0.2, 0.25) is 0 Å². The van der Waals surface area contributed by atoms with Crippen LogP contribution in [0.1, 0.15) is 18.9 Å². The topological polar surface area (TPSA) is 127 Å². The Balaban J connectivity index is 1.94. The summed E-state index contributed by atoms with van der Waals surface area (Å²) in [5.74, 6) is -1.30. The van der Waals surface area contributed by atoms with Crippen molar-refractivity contribution in [3.63, 3.8) is 0 Å². The standard InChI is InChI=1S/C23H25FN2O6S/c1-23(21(29)13-28,33(2,31)32)8-9-26-14-25-20-12-16(4-6-18(20)22(26)30)17-5-3-15(7-10-27)11-19(17)24/h3-6,11-12,14,27-28H,7-10,13H2,1-2H3/t23-/m1/s1. The Hall–Kier alpha value is -2.95. The van der Waals surface area contributed by atoms with Crippen LogP contribution in [0.25, 0.3) is 22.0 Å². The molecule has 1 heterocycles. The van der Waals surface area contributed by atoms with Crippen LogP contribution in [0.4, 0.5) is 4.39 Å². The quantitative estimate of drug-likeness (QED) is 0.479. The fourth-order valence-electron chi connectivity index (χ4n) is 3.60. The van der Waals surface area contributed by atoms with Gasteiger partial charge in [0.05, 0.1) is 17.2 Å². The molecule has 2 N–H and O–H groups in total. The highest BCUT2D eigenvalue weighted by Gasteiger charge is 2.42. The number of Topliss-reactive ketones (excluding diaryl/α,β-unsaturated/α-hetero) is 1. The molecule has 0 spiro atoms. The Bertz CT molecular complexity index is 1370. The number of hydrogen-bond donors (Lipinski definition) is 2. The van der Waals surface area contributed by atoms with Gasteiger partial charge in [-0.2, -0.15) is 0 Å². The van der Waals surface area contributed by atoms with Crippen molar-refractivity contribution < 1.29 is 27.8 Å². The van der Waals surface area contributed by atoms with Gasteiger partial charge in [-0.05, 0) is 49.1 Å². The fraction of sp³-hybridized carbons (Fsp3) is 0.348. The number of sulfone groups is 1. The number of aliphatic hydroxyl groups is 2. The van der Waals surface area contributed by atoms with Gasteiger partial charge < -0.3 is 10.2 Å². The SMILES string of the molecule is C[C@@](CCn1cnc2cc(-c3ccc(CCO)cc3F)ccc2c1=O)(C(=O)CO)S(C)(=O)=O. The normalized spacial score (nSPS) is 13.7. The third-order valence-electron chi connectivity index (χ3n) is 5.95. The van der Waals surface area contributed by atoms with Gasteiger partial charge in [0.25, 0.3) is 5.56 Å². The fourth-order valence-corrected chi connectivity index (χ4v) is 4.54. The minimum absolute atomic E-state index is 0.0809. The second-order valence-electron chi connectivity index (χ2n) is 8.10. The first kappa shape index (κ1) is 24.7. The van der Waals surface area contributed by atoms with E-state index in [2.05, 4.69) is 4.98 Å². The number of halogens is 1. The lowest BCUT2D eigenvalue weighted by molar-refractivity contribution is -0.124. The number of aryl methyl sites for hydroxylation is 1. The number of carbonyl (C=O) groups is 1. The molecule has 0 unspecified atom stereocenters. The van der Waals surface area contributed by atoms with Crippen LogP contribution in [-0.2, 0) is 27.6 Å². The number of aliphatic hydroxyl groups excluding tert-OH is 2. The van der Waals surface area contributed by atoms with Crippen molar-refractivity contribution in [3.05, 3.63) is 64.5 Å². The summed E-state index contributed by atoms with van der Waals surface area (Å²) in [6, 6.07) is 9.38. The number of hydrogen-bond acceptors (Lipinski definition) is 7. The van der Waals surface area contributed by atoms with Crippen molar-refractivity contribution in [2.45, 2.75) is 31.1 Å². The maximum Gasteiger partial charge on any atom is 0.261 e. The Morgan fingerprint density at radius 3 is 2.52 bits per heavy atom. The zero-order valence-electron chi connectivity index (χ0n) is 18.3. The van der Waals surface area contributed by atoms with Crippen LogP contribution < -0.4 is 5.56 Å². The van der Waals surface area contributed by atoms with Crippen LogP contribution in [0.5, 0.6) is 0 Å². The van der Waals surface area contributed by atoms with E-state index in [0.717, 1.165) is 6.26 Å². The minimum atomic E-state index is -3.84. The molecule has 3 rings (SSSR count). The molecule has 0 aliphatic rings. The zero-order chi connectivity index (χ0) is 24.4. The van der Waals surface area contributed by atoms with E-state index in [1.807, 2.05) is 0 Å². The molecule has 0 aliphatic carbocycles. The molecular formula is C23H25FN2O6S. The molecule has 33 heavy (non-hydrogen) atoms. The average Bonchev–Trinajstić information content (AvgIpc) is 2.77. The van der Waals surface area contributed by atoms with Gasteiger partial charge in [-0.3, -0.25) is 14.2 Å². The first-order chi connectivity index (χ1) is 15.5. The third-order valence-corrected chi connectivity index (χ3v) is 8.02. The third kappa shape index (κ3) is 4.87. The second-order valence-corrected chi connectivity index (χ2v) is 10.5. The number of ketones is 1. The Kier molecular flexibility index (Phi) is 7.11. The smallest absolute Gasteiger partial charge is 0.261 e. The second kappa shape index (κ2) is 9.50. The molecule has 8 nitrogen and oxygen atoms in total. The van der Waals surface area contributed by atoms with Crippen molar-refractivity contribution in [3.8, 4) is 11.1 Å². The van der Waals surface area contributed by atoms with Gasteiger partial charge in [-0.15, -0.1) is 0 Å². The highest BCUT2D eigenvalue weighted by atomic mass is 32.2. The van der Waals surface area contributed by atoms with Gasteiger partial charge in [0.1, 0.15) is 17.2 Å². The summed E-state index contributed by atoms with van der Waals surface area (Å²) in [6.07, 6.45) is 2.31. The first-order valence-corrected chi connectivity index (χ1v) is 12.1. The highest BCUT2D eigenvalue weighted by Crippen LogP contribution is 2.26. The molecular weight excluding hydrogens is 451 g/mol. The van der Waals surface area contributed by atoms with Crippen molar-refractivity contribution >= 4 is 26.5 Å². The van der Waals surface area contributed by atoms with Gasteiger partial charge in [0.2, 0.25) is 0 Å². The molecule has 1 aromatic heterocycles. The van der Waals surface area contributed by atoms with Gasteiger partial charge in [0, 0.05) is 25.0 Å². The number of carbonyl (C=O) groups excluding carboxylic acids is 1. The number of rotatable bonds is 9. The van der Waals surface area contributed by atoms with Gasteiger partial charge >= 0.3 is 0 Å². The largest absolute Gasteiger partial charge is 0.396 e. The van der Waals surface area contributed by atoms with Gasteiger partial charge in [-0.25, -0.2) is 17.8 Å². The lowest BCUT2D eigenvalue weighted by atomic mass is 10.0. The highest BCUT2D eigenvalue weighted by molar-refractivity contribution is 7.92. The van der Waals surface area contributed by atoms with E-state index in [-0.39, 0.29) is 25.0 Å². The van der Waals surface area contributed by atoms with Crippen LogP contribution in [0, 0.1) is 5.82 Å².